The molecule has 0 saturated carbocycles. The maximum absolute atomic E-state index is 14.2. The molecule has 1 atom stereocenters. The third kappa shape index (κ3) is 5.17. The van der Waals surface area contributed by atoms with Gasteiger partial charge >= 0.3 is 0 Å². The normalized spacial score (nSPS) is 16.5. The number of hydrogen-bond acceptors (Lipinski definition) is 5. The minimum atomic E-state index is -3.76. The number of nitrogens with zero attached hydrogens (tertiary/aromatic N) is 5. The van der Waals surface area contributed by atoms with Crippen molar-refractivity contribution in [1.82, 2.24) is 18.8 Å². The molecule has 1 unspecified atom stereocenters. The molecule has 1 fully saturated rings. The molecule has 39 heavy (non-hydrogen) atoms. The van der Waals surface area contributed by atoms with Crippen LogP contribution in [0.15, 0.2) is 115 Å². The van der Waals surface area contributed by atoms with Crippen LogP contribution < -0.4 is 4.90 Å². The number of piperazine rings is 1. The van der Waals surface area contributed by atoms with Gasteiger partial charge in [-0.05, 0) is 36.6 Å². The standard InChI is InChI=1S/C31H31N5O2S/c37-39(38,30-16-6-11-26-12-7-17-33-31(26)30)36-22-21-35(23-27(36)13-8-19-34-20-18-32-24-34)29-15-5-4-14-28(29)25-9-2-1-3-10-25/h1-7,9-12,14-18,20,24,27H,8,13,19,21-23H2. The molecule has 198 valence electrons. The molecule has 0 amide bonds. The van der Waals surface area contributed by atoms with Gasteiger partial charge < -0.3 is 9.47 Å². The number of pyridine rings is 1. The number of para-hydroxylation sites is 2. The molecule has 6 rings (SSSR count). The Balaban J connectivity index is 1.33. The monoisotopic (exact) mass is 537 g/mol. The summed E-state index contributed by atoms with van der Waals surface area (Å²) in [4.78, 5) is 11.2. The van der Waals surface area contributed by atoms with E-state index in [-0.39, 0.29) is 10.9 Å². The smallest absolute Gasteiger partial charge is 0.245 e. The van der Waals surface area contributed by atoms with Gasteiger partial charge in [0.1, 0.15) is 4.90 Å². The lowest BCUT2D eigenvalue weighted by Gasteiger charge is -2.42. The van der Waals surface area contributed by atoms with Crippen LogP contribution >= 0.6 is 0 Å². The number of anilines is 1. The summed E-state index contributed by atoms with van der Waals surface area (Å²) in [6, 6.07) is 27.7. The average molecular weight is 538 g/mol. The van der Waals surface area contributed by atoms with Crippen molar-refractivity contribution in [2.24, 2.45) is 0 Å². The molecule has 5 aromatic rings. The molecule has 3 heterocycles. The van der Waals surface area contributed by atoms with E-state index < -0.39 is 10.0 Å². The third-order valence-electron chi connectivity index (χ3n) is 7.45. The van der Waals surface area contributed by atoms with Crippen molar-refractivity contribution >= 4 is 26.6 Å². The maximum Gasteiger partial charge on any atom is 0.245 e. The minimum Gasteiger partial charge on any atom is -0.368 e. The molecule has 0 N–H and O–H groups in total. The predicted molar refractivity (Wildman–Crippen MR) is 155 cm³/mol. The van der Waals surface area contributed by atoms with Crippen LogP contribution in [0.25, 0.3) is 22.0 Å². The van der Waals surface area contributed by atoms with Crippen LogP contribution in [0.3, 0.4) is 0 Å². The van der Waals surface area contributed by atoms with E-state index in [1.807, 2.05) is 47.2 Å². The summed E-state index contributed by atoms with van der Waals surface area (Å²) < 4.78 is 32.1. The molecular formula is C31H31N5O2S. The van der Waals surface area contributed by atoms with E-state index in [1.165, 1.54) is 0 Å². The SMILES string of the molecule is O=S(=O)(c1cccc2cccnc12)N1CCN(c2ccccc2-c2ccccc2)CC1CCCn1ccnc1. The van der Waals surface area contributed by atoms with Gasteiger partial charge in [0.05, 0.1) is 11.8 Å². The quantitative estimate of drug-likeness (QED) is 0.263. The van der Waals surface area contributed by atoms with Crippen LogP contribution in [-0.4, -0.2) is 52.9 Å². The Labute approximate surface area is 229 Å². The Morgan fingerprint density at radius 1 is 0.846 bits per heavy atom. The first-order valence-corrected chi connectivity index (χ1v) is 14.8. The van der Waals surface area contributed by atoms with Gasteiger partial charge in [0.2, 0.25) is 10.0 Å². The van der Waals surface area contributed by atoms with Crippen LogP contribution in [0, 0.1) is 0 Å². The highest BCUT2D eigenvalue weighted by Crippen LogP contribution is 2.34. The average Bonchev–Trinajstić information content (AvgIpc) is 3.51. The summed E-state index contributed by atoms with van der Waals surface area (Å²) in [6.45, 7) is 2.43. The summed E-state index contributed by atoms with van der Waals surface area (Å²) in [5.74, 6) is 0. The number of rotatable bonds is 8. The number of sulfonamides is 1. The number of hydrogen-bond donors (Lipinski definition) is 0. The number of fused-ring (bicyclic) bond motifs is 1. The van der Waals surface area contributed by atoms with Gasteiger partial charge in [-0.2, -0.15) is 4.31 Å². The second-order valence-corrected chi connectivity index (χ2v) is 11.7. The molecule has 1 aliphatic heterocycles. The second-order valence-electron chi connectivity index (χ2n) is 9.87. The summed E-state index contributed by atoms with van der Waals surface area (Å²) in [6.07, 6.45) is 8.75. The highest BCUT2D eigenvalue weighted by molar-refractivity contribution is 7.89. The molecular weight excluding hydrogens is 506 g/mol. The molecule has 0 spiro atoms. The van der Waals surface area contributed by atoms with Crippen molar-refractivity contribution in [3.8, 4) is 11.1 Å². The molecule has 1 aliphatic rings. The topological polar surface area (TPSA) is 71.3 Å². The number of aromatic nitrogens is 3. The highest BCUT2D eigenvalue weighted by Gasteiger charge is 2.37. The molecule has 7 nitrogen and oxygen atoms in total. The molecule has 3 aromatic carbocycles. The van der Waals surface area contributed by atoms with Crippen molar-refractivity contribution in [2.75, 3.05) is 24.5 Å². The van der Waals surface area contributed by atoms with Gasteiger partial charge in [0.15, 0.2) is 0 Å². The van der Waals surface area contributed by atoms with Gasteiger partial charge in [-0.1, -0.05) is 66.7 Å². The summed E-state index contributed by atoms with van der Waals surface area (Å²) in [5, 5.41) is 0.825. The van der Waals surface area contributed by atoms with Crippen molar-refractivity contribution < 1.29 is 8.42 Å². The fraction of sp³-hybridized carbons (Fsp3) is 0.226. The molecule has 0 aliphatic carbocycles. The zero-order valence-corrected chi connectivity index (χ0v) is 22.5. The van der Waals surface area contributed by atoms with E-state index >= 15 is 0 Å². The first-order chi connectivity index (χ1) is 19.1. The maximum atomic E-state index is 14.2. The van der Waals surface area contributed by atoms with E-state index in [2.05, 4.69) is 51.3 Å². The fourth-order valence-corrected chi connectivity index (χ4v) is 7.36. The Kier molecular flexibility index (Phi) is 7.13. The summed E-state index contributed by atoms with van der Waals surface area (Å²) >= 11 is 0. The first kappa shape index (κ1) is 25.3. The van der Waals surface area contributed by atoms with Crippen LogP contribution in [0.4, 0.5) is 5.69 Å². The van der Waals surface area contributed by atoms with E-state index in [9.17, 15) is 8.42 Å². The predicted octanol–water partition coefficient (Wildman–Crippen LogP) is 5.46. The van der Waals surface area contributed by atoms with Crippen LogP contribution in [0.1, 0.15) is 12.8 Å². The number of imidazole rings is 1. The lowest BCUT2D eigenvalue weighted by atomic mass is 10.0. The third-order valence-corrected chi connectivity index (χ3v) is 9.44. The Hall–Kier alpha value is -4.01. The Bertz CT molecular complexity index is 1650. The zero-order valence-electron chi connectivity index (χ0n) is 21.7. The highest BCUT2D eigenvalue weighted by atomic mass is 32.2. The molecule has 2 aromatic heterocycles. The van der Waals surface area contributed by atoms with Crippen LogP contribution in [0.5, 0.6) is 0 Å². The summed E-state index contributed by atoms with van der Waals surface area (Å²) in [7, 11) is -3.76. The first-order valence-electron chi connectivity index (χ1n) is 13.3. The van der Waals surface area contributed by atoms with Crippen molar-refractivity contribution in [3.05, 3.63) is 110 Å². The molecule has 8 heteroatoms. The lowest BCUT2D eigenvalue weighted by Crippen LogP contribution is -2.55. The van der Waals surface area contributed by atoms with Gasteiger partial charge in [-0.3, -0.25) is 4.98 Å². The van der Waals surface area contributed by atoms with Crippen LogP contribution in [-0.2, 0) is 16.6 Å². The fourth-order valence-electron chi connectivity index (χ4n) is 5.56. The Morgan fingerprint density at radius 3 is 2.51 bits per heavy atom. The zero-order chi connectivity index (χ0) is 26.7. The molecule has 0 radical (unpaired) electrons. The number of benzene rings is 3. The Morgan fingerprint density at radius 2 is 1.67 bits per heavy atom. The van der Waals surface area contributed by atoms with E-state index in [0.29, 0.717) is 25.2 Å². The van der Waals surface area contributed by atoms with Gasteiger partial charge in [0.25, 0.3) is 0 Å². The van der Waals surface area contributed by atoms with Crippen LogP contribution in [0.2, 0.25) is 0 Å². The van der Waals surface area contributed by atoms with Gasteiger partial charge in [-0.25, -0.2) is 13.4 Å². The largest absolute Gasteiger partial charge is 0.368 e. The number of aryl methyl sites for hydroxylation is 1. The summed E-state index contributed by atoms with van der Waals surface area (Å²) in [5.41, 5.74) is 3.97. The van der Waals surface area contributed by atoms with Gasteiger partial charge in [-0.15, -0.1) is 0 Å². The minimum absolute atomic E-state index is 0.185. The van der Waals surface area contributed by atoms with Crippen molar-refractivity contribution in [1.29, 1.82) is 0 Å². The molecule has 1 saturated heterocycles. The van der Waals surface area contributed by atoms with E-state index in [0.717, 1.165) is 41.6 Å². The van der Waals surface area contributed by atoms with E-state index in [1.54, 1.807) is 35.2 Å². The molecule has 0 bridgehead atoms. The van der Waals surface area contributed by atoms with Crippen molar-refractivity contribution in [2.45, 2.75) is 30.3 Å². The lowest BCUT2D eigenvalue weighted by molar-refractivity contribution is 0.270. The van der Waals surface area contributed by atoms with Crippen molar-refractivity contribution in [3.63, 3.8) is 0 Å². The van der Waals surface area contributed by atoms with E-state index in [4.69, 9.17) is 0 Å². The van der Waals surface area contributed by atoms with Gasteiger partial charge in [0, 0.05) is 67.4 Å². The second kappa shape index (κ2) is 11.0.